The van der Waals surface area contributed by atoms with Crippen LogP contribution in [0.15, 0.2) is 24.3 Å². The standard InChI is InChI=1S/C15H19N3S/c1-10-6-8-11(9-7-10)16-14-12-4-2-3-5-13(12)17-15(19)18-14/h2-5,10-11H,6-9H2,1H3,(H2,16,17,18,19). The van der Waals surface area contributed by atoms with Crippen LogP contribution in [0.4, 0.5) is 5.82 Å². The van der Waals surface area contributed by atoms with Crippen LogP contribution < -0.4 is 5.32 Å². The summed E-state index contributed by atoms with van der Waals surface area (Å²) in [7, 11) is 0. The highest BCUT2D eigenvalue weighted by Crippen LogP contribution is 2.27. The first-order valence-corrected chi connectivity index (χ1v) is 7.39. The van der Waals surface area contributed by atoms with Gasteiger partial charge in [0.25, 0.3) is 0 Å². The fourth-order valence-corrected chi connectivity index (χ4v) is 3.01. The van der Waals surface area contributed by atoms with Gasteiger partial charge in [-0.25, -0.2) is 4.98 Å². The first kappa shape index (κ1) is 12.6. The number of nitrogens with one attached hydrogen (secondary N) is 2. The third kappa shape index (κ3) is 2.78. The van der Waals surface area contributed by atoms with E-state index >= 15 is 0 Å². The first-order valence-electron chi connectivity index (χ1n) is 6.98. The Morgan fingerprint density at radius 1 is 1.21 bits per heavy atom. The average Bonchev–Trinajstić information content (AvgIpc) is 2.41. The third-order valence-corrected chi connectivity index (χ3v) is 4.19. The molecule has 1 aliphatic rings. The van der Waals surface area contributed by atoms with E-state index in [0.717, 1.165) is 22.6 Å². The van der Waals surface area contributed by atoms with Gasteiger partial charge in [0.05, 0.1) is 5.52 Å². The van der Waals surface area contributed by atoms with Crippen molar-refractivity contribution < 1.29 is 0 Å². The monoisotopic (exact) mass is 273 g/mol. The summed E-state index contributed by atoms with van der Waals surface area (Å²) >= 11 is 5.21. The highest BCUT2D eigenvalue weighted by molar-refractivity contribution is 7.71. The summed E-state index contributed by atoms with van der Waals surface area (Å²) in [6.45, 7) is 2.34. The minimum atomic E-state index is 0.531. The molecule has 0 atom stereocenters. The smallest absolute Gasteiger partial charge is 0.199 e. The third-order valence-electron chi connectivity index (χ3n) is 3.99. The average molecular weight is 273 g/mol. The van der Waals surface area contributed by atoms with Crippen LogP contribution in [0, 0.1) is 10.7 Å². The van der Waals surface area contributed by atoms with Gasteiger partial charge in [-0.1, -0.05) is 19.1 Å². The Balaban J connectivity index is 1.90. The molecule has 1 aliphatic carbocycles. The van der Waals surface area contributed by atoms with Crippen molar-refractivity contribution in [3.63, 3.8) is 0 Å². The number of hydrogen-bond acceptors (Lipinski definition) is 3. The summed E-state index contributed by atoms with van der Waals surface area (Å²) in [5, 5.41) is 4.71. The maximum Gasteiger partial charge on any atom is 0.199 e. The van der Waals surface area contributed by atoms with Crippen molar-refractivity contribution in [2.45, 2.75) is 38.6 Å². The van der Waals surface area contributed by atoms with Crippen molar-refractivity contribution in [1.29, 1.82) is 0 Å². The SMILES string of the molecule is CC1CCC(Nc2nc(=S)[nH]c3ccccc23)CC1. The number of nitrogens with zero attached hydrogens (tertiary/aromatic N) is 1. The van der Waals surface area contributed by atoms with E-state index in [0.29, 0.717) is 10.8 Å². The van der Waals surface area contributed by atoms with Crippen LogP contribution in [-0.4, -0.2) is 16.0 Å². The number of para-hydroxylation sites is 1. The van der Waals surface area contributed by atoms with E-state index in [1.54, 1.807) is 0 Å². The summed E-state index contributed by atoms with van der Waals surface area (Å²) in [4.78, 5) is 7.60. The van der Waals surface area contributed by atoms with Crippen molar-refractivity contribution in [3.05, 3.63) is 29.0 Å². The number of anilines is 1. The first-order chi connectivity index (χ1) is 9.22. The van der Waals surface area contributed by atoms with Gasteiger partial charge in [-0.05, 0) is 56.0 Å². The molecule has 1 aromatic heterocycles. The predicted molar refractivity (Wildman–Crippen MR) is 82.0 cm³/mol. The van der Waals surface area contributed by atoms with E-state index in [2.05, 4.69) is 28.3 Å². The molecule has 3 nitrogen and oxygen atoms in total. The molecule has 0 saturated heterocycles. The van der Waals surface area contributed by atoms with Gasteiger partial charge in [0.2, 0.25) is 0 Å². The number of hydrogen-bond donors (Lipinski definition) is 2. The zero-order valence-corrected chi connectivity index (χ0v) is 12.0. The van der Waals surface area contributed by atoms with E-state index in [-0.39, 0.29) is 0 Å². The van der Waals surface area contributed by atoms with E-state index < -0.39 is 0 Å². The molecule has 1 aromatic carbocycles. The van der Waals surface area contributed by atoms with Crippen molar-refractivity contribution in [2.24, 2.45) is 5.92 Å². The van der Waals surface area contributed by atoms with Crippen LogP contribution in [0.1, 0.15) is 32.6 Å². The van der Waals surface area contributed by atoms with Crippen LogP contribution >= 0.6 is 12.2 Å². The molecular weight excluding hydrogens is 254 g/mol. The molecule has 3 rings (SSSR count). The van der Waals surface area contributed by atoms with E-state index in [1.165, 1.54) is 25.7 Å². The number of H-pyrrole nitrogens is 1. The molecule has 2 N–H and O–H groups in total. The number of aromatic nitrogens is 2. The molecule has 2 aromatic rings. The van der Waals surface area contributed by atoms with Crippen LogP contribution in [0.25, 0.3) is 10.9 Å². The lowest BCUT2D eigenvalue weighted by atomic mass is 9.87. The second-order valence-electron chi connectivity index (χ2n) is 5.54. The topological polar surface area (TPSA) is 40.7 Å². The van der Waals surface area contributed by atoms with Crippen molar-refractivity contribution >= 4 is 28.9 Å². The molecule has 4 heteroatoms. The lowest BCUT2D eigenvalue weighted by Crippen LogP contribution is -2.25. The Bertz CT molecular complexity index is 627. The minimum absolute atomic E-state index is 0.531. The second kappa shape index (κ2) is 5.29. The highest BCUT2D eigenvalue weighted by atomic mass is 32.1. The van der Waals surface area contributed by atoms with Crippen LogP contribution in [0.2, 0.25) is 0 Å². The van der Waals surface area contributed by atoms with Crippen molar-refractivity contribution in [3.8, 4) is 0 Å². The summed E-state index contributed by atoms with van der Waals surface area (Å²) in [6.07, 6.45) is 5.05. The van der Waals surface area contributed by atoms with Gasteiger partial charge in [-0.3, -0.25) is 0 Å². The molecule has 0 aliphatic heterocycles. The van der Waals surface area contributed by atoms with Crippen molar-refractivity contribution in [2.75, 3.05) is 5.32 Å². The van der Waals surface area contributed by atoms with Crippen LogP contribution in [0.5, 0.6) is 0 Å². The lowest BCUT2D eigenvalue weighted by Gasteiger charge is -2.27. The number of aromatic amines is 1. The number of rotatable bonds is 2. The van der Waals surface area contributed by atoms with Gasteiger partial charge in [-0.15, -0.1) is 0 Å². The highest BCUT2D eigenvalue weighted by Gasteiger charge is 2.19. The predicted octanol–water partition coefficient (Wildman–Crippen LogP) is 4.28. The zero-order chi connectivity index (χ0) is 13.2. The largest absolute Gasteiger partial charge is 0.367 e. The maximum absolute atomic E-state index is 5.21. The Morgan fingerprint density at radius 2 is 1.95 bits per heavy atom. The van der Waals surface area contributed by atoms with Gasteiger partial charge in [-0.2, -0.15) is 0 Å². The van der Waals surface area contributed by atoms with E-state index in [9.17, 15) is 0 Å². The Hall–Kier alpha value is -1.42. The fraction of sp³-hybridized carbons (Fsp3) is 0.467. The summed E-state index contributed by atoms with van der Waals surface area (Å²) in [5.74, 6) is 1.79. The summed E-state index contributed by atoms with van der Waals surface area (Å²) in [5.41, 5.74) is 1.05. The summed E-state index contributed by atoms with van der Waals surface area (Å²) < 4.78 is 0.547. The van der Waals surface area contributed by atoms with Crippen LogP contribution in [0.3, 0.4) is 0 Å². The number of benzene rings is 1. The molecule has 1 saturated carbocycles. The Morgan fingerprint density at radius 3 is 2.74 bits per heavy atom. The molecule has 19 heavy (non-hydrogen) atoms. The maximum atomic E-state index is 5.21. The van der Waals surface area contributed by atoms with Gasteiger partial charge in [0, 0.05) is 11.4 Å². The second-order valence-corrected chi connectivity index (χ2v) is 5.92. The van der Waals surface area contributed by atoms with Crippen LogP contribution in [-0.2, 0) is 0 Å². The molecule has 0 unspecified atom stereocenters. The molecule has 0 spiro atoms. The van der Waals surface area contributed by atoms with E-state index in [4.69, 9.17) is 12.2 Å². The van der Waals surface area contributed by atoms with E-state index in [1.807, 2.05) is 18.2 Å². The Kier molecular flexibility index (Phi) is 3.51. The molecule has 100 valence electrons. The normalized spacial score (nSPS) is 23.4. The molecule has 0 radical (unpaired) electrons. The van der Waals surface area contributed by atoms with Gasteiger partial charge in [0.1, 0.15) is 5.82 Å². The zero-order valence-electron chi connectivity index (χ0n) is 11.1. The summed E-state index contributed by atoms with van der Waals surface area (Å²) in [6, 6.07) is 8.71. The molecule has 1 heterocycles. The quantitative estimate of drug-likeness (QED) is 0.802. The van der Waals surface area contributed by atoms with Gasteiger partial charge >= 0.3 is 0 Å². The molecular formula is C15H19N3S. The molecule has 0 amide bonds. The lowest BCUT2D eigenvalue weighted by molar-refractivity contribution is 0.361. The fourth-order valence-electron chi connectivity index (χ4n) is 2.81. The van der Waals surface area contributed by atoms with Crippen molar-refractivity contribution in [1.82, 2.24) is 9.97 Å². The minimum Gasteiger partial charge on any atom is -0.367 e. The Labute approximate surface area is 118 Å². The molecule has 1 fully saturated rings. The van der Waals surface area contributed by atoms with Gasteiger partial charge < -0.3 is 10.3 Å². The van der Waals surface area contributed by atoms with Gasteiger partial charge in [0.15, 0.2) is 4.77 Å². The number of fused-ring (bicyclic) bond motifs is 1. The molecule has 0 bridgehead atoms.